The number of fused-ring (bicyclic) bond motifs is 1. The number of thioether (sulfide) groups is 1. The number of thiazole rings is 1. The van der Waals surface area contributed by atoms with Gasteiger partial charge in [-0.2, -0.15) is 0 Å². The van der Waals surface area contributed by atoms with Crippen molar-refractivity contribution >= 4 is 39.3 Å². The third-order valence-electron chi connectivity index (χ3n) is 3.75. The Kier molecular flexibility index (Phi) is 8.34. The lowest BCUT2D eigenvalue weighted by molar-refractivity contribution is 0.276. The van der Waals surface area contributed by atoms with Crippen molar-refractivity contribution in [2.24, 2.45) is 5.92 Å². The zero-order chi connectivity index (χ0) is 20.7. The van der Waals surface area contributed by atoms with Gasteiger partial charge in [-0.15, -0.1) is 0 Å². The lowest BCUT2D eigenvalue weighted by atomic mass is 10.1. The van der Waals surface area contributed by atoms with Crippen LogP contribution in [0, 0.1) is 11.7 Å². The van der Waals surface area contributed by atoms with E-state index in [1.54, 1.807) is 6.07 Å². The maximum absolute atomic E-state index is 13.7. The van der Waals surface area contributed by atoms with Gasteiger partial charge in [0, 0.05) is 23.6 Å². The fourth-order valence-corrected chi connectivity index (χ4v) is 3.94. The van der Waals surface area contributed by atoms with Crippen molar-refractivity contribution in [3.05, 3.63) is 39.5 Å². The Bertz CT molecular complexity index is 961. The van der Waals surface area contributed by atoms with Crippen molar-refractivity contribution in [3.8, 4) is 0 Å². The number of rotatable bonds is 6. The summed E-state index contributed by atoms with van der Waals surface area (Å²) in [5.41, 5.74) is 6.73. The minimum absolute atomic E-state index is 0.213. The Labute approximate surface area is 170 Å². The molecule has 0 radical (unpaired) electrons. The molecular formula is C18H24FN5O2S2. The number of halogens is 1. The highest BCUT2D eigenvalue weighted by Crippen LogP contribution is 2.35. The van der Waals surface area contributed by atoms with Gasteiger partial charge in [-0.25, -0.2) is 14.4 Å². The van der Waals surface area contributed by atoms with Gasteiger partial charge in [-0.1, -0.05) is 36.9 Å². The highest BCUT2D eigenvalue weighted by atomic mass is 32.2. The van der Waals surface area contributed by atoms with Crippen LogP contribution in [-0.4, -0.2) is 31.6 Å². The van der Waals surface area contributed by atoms with E-state index in [1.807, 2.05) is 6.92 Å². The van der Waals surface area contributed by atoms with Crippen LogP contribution in [0.2, 0.25) is 0 Å². The van der Waals surface area contributed by atoms with Crippen LogP contribution in [0.4, 0.5) is 10.2 Å². The van der Waals surface area contributed by atoms with E-state index in [0.29, 0.717) is 27.7 Å². The smallest absolute Gasteiger partial charge is 0.306 e. The molecule has 0 saturated carbocycles. The van der Waals surface area contributed by atoms with Crippen LogP contribution in [0.25, 0.3) is 10.3 Å². The molecule has 28 heavy (non-hydrogen) atoms. The topological polar surface area (TPSA) is 118 Å². The molecule has 0 fully saturated rings. The molecular weight excluding hydrogens is 401 g/mol. The number of aliphatic hydroxyl groups excluding tert-OH is 1. The molecule has 0 amide bonds. The number of nitrogen functional groups attached to an aromatic ring is 1. The summed E-state index contributed by atoms with van der Waals surface area (Å²) in [7, 11) is 0. The van der Waals surface area contributed by atoms with Gasteiger partial charge < -0.3 is 10.8 Å². The van der Waals surface area contributed by atoms with Gasteiger partial charge in [-0.05, 0) is 31.7 Å². The van der Waals surface area contributed by atoms with Crippen LogP contribution in [0.1, 0.15) is 44.4 Å². The Morgan fingerprint density at radius 1 is 1.36 bits per heavy atom. The summed E-state index contributed by atoms with van der Waals surface area (Å²) in [5.74, 6) is 0.607. The van der Waals surface area contributed by atoms with E-state index in [0.717, 1.165) is 30.1 Å². The standard InChI is InChI=1S/C12H10FN5OS2.C6H14O/c1-5(6-2-3-15-4-7(6)13)20-11-16-9(14)8-10(17-11)18-12(19)21-8;1-6(2)4-3-5-7/h2-5H,1H3,(H3,14,16,17,18,19);6-7H,3-5H2,1-2H3. The van der Waals surface area contributed by atoms with Crippen LogP contribution in [0.3, 0.4) is 0 Å². The zero-order valence-corrected chi connectivity index (χ0v) is 17.6. The van der Waals surface area contributed by atoms with Gasteiger partial charge in [0.2, 0.25) is 0 Å². The van der Waals surface area contributed by atoms with E-state index in [1.165, 1.54) is 24.2 Å². The molecule has 0 bridgehead atoms. The normalized spacial score (nSPS) is 12.1. The second-order valence-electron chi connectivity index (χ2n) is 6.50. The molecule has 3 heterocycles. The Morgan fingerprint density at radius 2 is 2.11 bits per heavy atom. The third kappa shape index (κ3) is 6.25. The molecule has 3 rings (SSSR count). The van der Waals surface area contributed by atoms with Crippen molar-refractivity contribution in [1.82, 2.24) is 19.9 Å². The maximum Gasteiger partial charge on any atom is 0.306 e. The molecule has 0 spiro atoms. The van der Waals surface area contributed by atoms with E-state index in [4.69, 9.17) is 10.8 Å². The van der Waals surface area contributed by atoms with Crippen LogP contribution in [0.5, 0.6) is 0 Å². The summed E-state index contributed by atoms with van der Waals surface area (Å²) in [6.45, 7) is 6.51. The lowest BCUT2D eigenvalue weighted by Gasteiger charge is -2.11. The minimum Gasteiger partial charge on any atom is -0.396 e. The average molecular weight is 426 g/mol. The SMILES string of the molecule is CC(C)CCCO.CC(Sc1nc(N)c2sc(=O)[nH]c2n1)c1ccncc1F. The number of aromatic amines is 1. The number of aromatic nitrogens is 4. The summed E-state index contributed by atoms with van der Waals surface area (Å²) >= 11 is 2.23. The summed E-state index contributed by atoms with van der Waals surface area (Å²) in [4.78, 5) is 25.8. The van der Waals surface area contributed by atoms with Gasteiger partial charge in [0.25, 0.3) is 0 Å². The molecule has 10 heteroatoms. The fraction of sp³-hybridized carbons (Fsp3) is 0.444. The van der Waals surface area contributed by atoms with Crippen LogP contribution < -0.4 is 10.6 Å². The molecule has 0 aliphatic rings. The number of hydrogen-bond donors (Lipinski definition) is 3. The molecule has 3 aromatic heterocycles. The number of nitrogens with two attached hydrogens (primary N) is 1. The molecule has 4 N–H and O–H groups in total. The van der Waals surface area contributed by atoms with Crippen molar-refractivity contribution < 1.29 is 9.50 Å². The van der Waals surface area contributed by atoms with E-state index in [2.05, 4.69) is 33.8 Å². The Morgan fingerprint density at radius 3 is 2.71 bits per heavy atom. The number of aliphatic hydroxyl groups is 1. The maximum atomic E-state index is 13.7. The first-order chi connectivity index (χ1) is 13.3. The highest BCUT2D eigenvalue weighted by molar-refractivity contribution is 7.99. The Hall–Kier alpha value is -2.04. The average Bonchev–Trinajstić information content (AvgIpc) is 3.01. The van der Waals surface area contributed by atoms with E-state index in [-0.39, 0.29) is 21.8 Å². The van der Waals surface area contributed by atoms with Gasteiger partial charge in [0.15, 0.2) is 10.8 Å². The minimum atomic E-state index is -0.379. The summed E-state index contributed by atoms with van der Waals surface area (Å²) in [6.07, 6.45) is 4.81. The van der Waals surface area contributed by atoms with Crippen LogP contribution >= 0.6 is 23.1 Å². The lowest BCUT2D eigenvalue weighted by Crippen LogP contribution is -1.99. The van der Waals surface area contributed by atoms with Crippen LogP contribution in [0.15, 0.2) is 28.4 Å². The number of nitrogens with one attached hydrogen (secondary N) is 1. The molecule has 7 nitrogen and oxygen atoms in total. The monoisotopic (exact) mass is 425 g/mol. The third-order valence-corrected chi connectivity index (χ3v) is 5.64. The summed E-state index contributed by atoms with van der Waals surface area (Å²) in [6, 6.07) is 1.61. The van der Waals surface area contributed by atoms with Crippen LogP contribution in [-0.2, 0) is 0 Å². The predicted molar refractivity (Wildman–Crippen MR) is 112 cm³/mol. The second kappa shape index (κ2) is 10.5. The molecule has 0 aliphatic carbocycles. The second-order valence-corrected chi connectivity index (χ2v) is 8.79. The van der Waals surface area contributed by atoms with E-state index < -0.39 is 0 Å². The molecule has 0 saturated heterocycles. The predicted octanol–water partition coefficient (Wildman–Crippen LogP) is 3.76. The molecule has 3 aromatic rings. The molecule has 0 aromatic carbocycles. The largest absolute Gasteiger partial charge is 0.396 e. The number of hydrogen-bond acceptors (Lipinski definition) is 8. The fourth-order valence-electron chi connectivity index (χ4n) is 2.34. The molecule has 0 aliphatic heterocycles. The van der Waals surface area contributed by atoms with E-state index >= 15 is 0 Å². The molecule has 152 valence electrons. The van der Waals surface area contributed by atoms with Crippen molar-refractivity contribution in [2.45, 2.75) is 44.0 Å². The zero-order valence-electron chi connectivity index (χ0n) is 16.0. The molecule has 1 atom stereocenters. The number of anilines is 1. The first kappa shape index (κ1) is 22.3. The number of nitrogens with zero attached hydrogens (tertiary/aromatic N) is 3. The first-order valence-corrected chi connectivity index (χ1v) is 10.5. The summed E-state index contributed by atoms with van der Waals surface area (Å²) in [5, 5.41) is 8.49. The molecule has 1 unspecified atom stereocenters. The first-order valence-electron chi connectivity index (χ1n) is 8.85. The number of pyridine rings is 1. The highest BCUT2D eigenvalue weighted by Gasteiger charge is 2.16. The number of H-pyrrole nitrogens is 1. The van der Waals surface area contributed by atoms with Crippen molar-refractivity contribution in [2.75, 3.05) is 12.3 Å². The van der Waals surface area contributed by atoms with Gasteiger partial charge >= 0.3 is 4.87 Å². The Balaban J connectivity index is 0.000000345. The quantitative estimate of drug-likeness (QED) is 0.406. The van der Waals surface area contributed by atoms with Crippen molar-refractivity contribution in [3.63, 3.8) is 0 Å². The van der Waals surface area contributed by atoms with E-state index in [9.17, 15) is 9.18 Å². The van der Waals surface area contributed by atoms with Gasteiger partial charge in [-0.3, -0.25) is 14.8 Å². The van der Waals surface area contributed by atoms with Gasteiger partial charge in [0.05, 0.1) is 6.20 Å². The van der Waals surface area contributed by atoms with Gasteiger partial charge in [0.1, 0.15) is 16.3 Å². The van der Waals surface area contributed by atoms with Crippen molar-refractivity contribution in [1.29, 1.82) is 0 Å². The summed E-state index contributed by atoms with van der Waals surface area (Å²) < 4.78 is 14.2.